The second-order valence-corrected chi connectivity index (χ2v) is 8.04. The fourth-order valence-corrected chi connectivity index (χ4v) is 4.33. The lowest BCUT2D eigenvalue weighted by Gasteiger charge is -2.16. The second kappa shape index (κ2) is 8.20. The maximum Gasteiger partial charge on any atom is 0.331 e. The van der Waals surface area contributed by atoms with Crippen molar-refractivity contribution in [3.63, 3.8) is 0 Å². The summed E-state index contributed by atoms with van der Waals surface area (Å²) in [4.78, 5) is 28.6. The third-order valence-electron chi connectivity index (χ3n) is 4.80. The number of aromatic amines is 1. The first-order chi connectivity index (χ1) is 13.6. The van der Waals surface area contributed by atoms with Crippen LogP contribution in [-0.2, 0) is 18.1 Å². The van der Waals surface area contributed by atoms with E-state index in [2.05, 4.69) is 4.98 Å². The van der Waals surface area contributed by atoms with Crippen LogP contribution < -0.4 is 11.2 Å². The monoisotopic (exact) mass is 394 g/mol. The van der Waals surface area contributed by atoms with Crippen LogP contribution in [0.4, 0.5) is 0 Å². The molecule has 3 aromatic rings. The number of benzene rings is 2. The van der Waals surface area contributed by atoms with Crippen LogP contribution in [-0.4, -0.2) is 9.55 Å². The Morgan fingerprint density at radius 1 is 1.07 bits per heavy atom. The molecule has 0 unspecified atom stereocenters. The molecule has 4 rings (SSSR count). The Kier molecular flexibility index (Phi) is 5.50. The first-order valence-corrected chi connectivity index (χ1v) is 10.2. The number of aryl methyl sites for hydroxylation is 1. The molecule has 0 bridgehead atoms. The van der Waals surface area contributed by atoms with Crippen molar-refractivity contribution in [3.8, 4) is 0 Å². The lowest BCUT2D eigenvalue weighted by Crippen LogP contribution is -2.34. The van der Waals surface area contributed by atoms with Crippen LogP contribution in [0.3, 0.4) is 0 Å². The Hall–Kier alpha value is -2.57. The SMILES string of the molecule is Cc1ccccc1Sc1c(C2CC2)c(=O)[nH]c(=O)n1COCc1ccccc1. The molecule has 1 heterocycles. The lowest BCUT2D eigenvalue weighted by molar-refractivity contribution is 0.0550. The molecule has 144 valence electrons. The van der Waals surface area contributed by atoms with E-state index in [0.29, 0.717) is 17.2 Å². The molecule has 0 amide bonds. The van der Waals surface area contributed by atoms with Gasteiger partial charge in [0.15, 0.2) is 0 Å². The first kappa shape index (κ1) is 18.8. The number of nitrogens with one attached hydrogen (secondary N) is 1. The van der Waals surface area contributed by atoms with Crippen LogP contribution in [0.1, 0.15) is 35.4 Å². The average molecular weight is 394 g/mol. The molecule has 0 radical (unpaired) electrons. The summed E-state index contributed by atoms with van der Waals surface area (Å²) in [7, 11) is 0. The highest BCUT2D eigenvalue weighted by Gasteiger charge is 2.31. The minimum atomic E-state index is -0.432. The minimum Gasteiger partial charge on any atom is -0.356 e. The summed E-state index contributed by atoms with van der Waals surface area (Å²) in [5.41, 5.74) is 2.15. The third-order valence-corrected chi connectivity index (χ3v) is 6.12. The maximum atomic E-state index is 12.6. The summed E-state index contributed by atoms with van der Waals surface area (Å²) in [5, 5.41) is 0.693. The quantitative estimate of drug-likeness (QED) is 0.614. The van der Waals surface area contributed by atoms with Gasteiger partial charge in [0.2, 0.25) is 0 Å². The third kappa shape index (κ3) is 4.13. The molecule has 28 heavy (non-hydrogen) atoms. The Morgan fingerprint density at radius 3 is 2.50 bits per heavy atom. The summed E-state index contributed by atoms with van der Waals surface area (Å²) in [6.45, 7) is 2.53. The summed E-state index contributed by atoms with van der Waals surface area (Å²) in [6, 6.07) is 17.8. The number of hydrogen-bond acceptors (Lipinski definition) is 4. The number of nitrogens with zero attached hydrogens (tertiary/aromatic N) is 1. The highest BCUT2D eigenvalue weighted by molar-refractivity contribution is 7.99. The van der Waals surface area contributed by atoms with E-state index in [9.17, 15) is 9.59 Å². The molecule has 1 fully saturated rings. The van der Waals surface area contributed by atoms with Crippen molar-refractivity contribution in [1.29, 1.82) is 0 Å². The molecule has 1 N–H and O–H groups in total. The van der Waals surface area contributed by atoms with E-state index in [1.54, 1.807) is 4.57 Å². The Morgan fingerprint density at radius 2 is 1.79 bits per heavy atom. The summed E-state index contributed by atoms with van der Waals surface area (Å²) >= 11 is 1.47. The molecule has 0 atom stereocenters. The fraction of sp³-hybridized carbons (Fsp3) is 0.273. The zero-order valence-electron chi connectivity index (χ0n) is 15.7. The molecule has 5 nitrogen and oxygen atoms in total. The molecule has 1 aliphatic carbocycles. The minimum absolute atomic E-state index is 0.0957. The Balaban J connectivity index is 1.68. The van der Waals surface area contributed by atoms with Crippen molar-refractivity contribution in [3.05, 3.63) is 92.1 Å². The smallest absolute Gasteiger partial charge is 0.331 e. The van der Waals surface area contributed by atoms with Crippen LogP contribution in [0.2, 0.25) is 0 Å². The number of rotatable bonds is 7. The normalized spacial score (nSPS) is 13.6. The van der Waals surface area contributed by atoms with Crippen molar-refractivity contribution in [2.45, 2.75) is 48.9 Å². The van der Waals surface area contributed by atoms with E-state index < -0.39 is 5.69 Å². The molecule has 1 aromatic heterocycles. The Bertz CT molecular complexity index is 1080. The molecular formula is C22H22N2O3S. The van der Waals surface area contributed by atoms with Crippen LogP contribution in [0.15, 0.2) is 74.1 Å². The molecular weight excluding hydrogens is 372 g/mol. The molecule has 0 aliphatic heterocycles. The van der Waals surface area contributed by atoms with Gasteiger partial charge in [0.25, 0.3) is 5.56 Å². The van der Waals surface area contributed by atoms with E-state index in [0.717, 1.165) is 28.9 Å². The fourth-order valence-electron chi connectivity index (χ4n) is 3.13. The number of hydrogen-bond donors (Lipinski definition) is 1. The van der Waals surface area contributed by atoms with E-state index >= 15 is 0 Å². The zero-order chi connectivity index (χ0) is 19.5. The van der Waals surface area contributed by atoms with Gasteiger partial charge in [0.05, 0.1) is 17.2 Å². The van der Waals surface area contributed by atoms with Gasteiger partial charge in [-0.05, 0) is 42.9 Å². The van der Waals surface area contributed by atoms with Crippen molar-refractivity contribution >= 4 is 11.8 Å². The molecule has 1 saturated carbocycles. The predicted molar refractivity (Wildman–Crippen MR) is 110 cm³/mol. The maximum absolute atomic E-state index is 12.6. The van der Waals surface area contributed by atoms with E-state index in [1.165, 1.54) is 11.8 Å². The van der Waals surface area contributed by atoms with Crippen molar-refractivity contribution in [2.75, 3.05) is 0 Å². The van der Waals surface area contributed by atoms with Crippen LogP contribution in [0, 0.1) is 6.92 Å². The summed E-state index contributed by atoms with van der Waals surface area (Å²) in [5.74, 6) is 0.219. The van der Waals surface area contributed by atoms with Gasteiger partial charge in [-0.25, -0.2) is 4.79 Å². The van der Waals surface area contributed by atoms with Crippen LogP contribution >= 0.6 is 11.8 Å². The summed E-state index contributed by atoms with van der Waals surface area (Å²) < 4.78 is 7.37. The highest BCUT2D eigenvalue weighted by atomic mass is 32.2. The van der Waals surface area contributed by atoms with E-state index in [4.69, 9.17) is 4.74 Å². The van der Waals surface area contributed by atoms with Crippen LogP contribution in [0.25, 0.3) is 0 Å². The van der Waals surface area contributed by atoms with Gasteiger partial charge in [-0.3, -0.25) is 14.3 Å². The van der Waals surface area contributed by atoms with Gasteiger partial charge in [0, 0.05) is 4.90 Å². The van der Waals surface area contributed by atoms with Gasteiger partial charge < -0.3 is 4.74 Å². The highest BCUT2D eigenvalue weighted by Crippen LogP contribution is 2.43. The zero-order valence-corrected chi connectivity index (χ0v) is 16.5. The van der Waals surface area contributed by atoms with E-state index in [-0.39, 0.29) is 18.2 Å². The van der Waals surface area contributed by atoms with Gasteiger partial charge in [0.1, 0.15) is 6.73 Å². The summed E-state index contributed by atoms with van der Waals surface area (Å²) in [6.07, 6.45) is 1.96. The molecule has 0 saturated heterocycles. The van der Waals surface area contributed by atoms with Crippen LogP contribution in [0.5, 0.6) is 0 Å². The van der Waals surface area contributed by atoms with Crippen molar-refractivity contribution < 1.29 is 4.74 Å². The largest absolute Gasteiger partial charge is 0.356 e. The molecule has 0 spiro atoms. The first-order valence-electron chi connectivity index (χ1n) is 9.35. The second-order valence-electron chi connectivity index (χ2n) is 7.01. The molecule has 1 aliphatic rings. The number of ether oxygens (including phenoxy) is 1. The molecule has 6 heteroatoms. The standard InChI is InChI=1S/C22H22N2O3S/c1-15-7-5-6-10-18(15)28-21-19(17-11-12-17)20(25)23-22(26)24(21)14-27-13-16-8-3-2-4-9-16/h2-10,17H,11-14H2,1H3,(H,23,25,26). The van der Waals surface area contributed by atoms with Gasteiger partial charge >= 0.3 is 5.69 Å². The van der Waals surface area contributed by atoms with Crippen molar-refractivity contribution in [1.82, 2.24) is 9.55 Å². The number of H-pyrrole nitrogens is 1. The van der Waals surface area contributed by atoms with Gasteiger partial charge in [-0.1, -0.05) is 60.3 Å². The van der Waals surface area contributed by atoms with Gasteiger partial charge in [-0.2, -0.15) is 0 Å². The van der Waals surface area contributed by atoms with E-state index in [1.807, 2.05) is 61.5 Å². The predicted octanol–water partition coefficient (Wildman–Crippen LogP) is 4.05. The average Bonchev–Trinajstić information content (AvgIpc) is 3.51. The molecule has 2 aromatic carbocycles. The van der Waals surface area contributed by atoms with Crippen molar-refractivity contribution in [2.24, 2.45) is 0 Å². The lowest BCUT2D eigenvalue weighted by atomic mass is 10.2. The Labute approximate surface area is 167 Å². The number of aromatic nitrogens is 2. The van der Waals surface area contributed by atoms with Gasteiger partial charge in [-0.15, -0.1) is 0 Å². The topological polar surface area (TPSA) is 64.1 Å².